The summed E-state index contributed by atoms with van der Waals surface area (Å²) >= 11 is 7.37. The number of carbonyl (C=O) groups excluding carboxylic acids is 3. The molecule has 2 aromatic rings. The van der Waals surface area contributed by atoms with E-state index in [2.05, 4.69) is 10.6 Å². The van der Waals surface area contributed by atoms with Crippen LogP contribution in [0.1, 0.15) is 16.4 Å². The first kappa shape index (κ1) is 21.8. The van der Waals surface area contributed by atoms with Crippen LogP contribution in [0.3, 0.4) is 0 Å². The van der Waals surface area contributed by atoms with Crippen LogP contribution in [-0.2, 0) is 19.1 Å². The van der Waals surface area contributed by atoms with Crippen LogP contribution in [-0.4, -0.2) is 43.7 Å². The van der Waals surface area contributed by atoms with Crippen molar-refractivity contribution in [1.82, 2.24) is 10.6 Å². The number of hydrogen-bond acceptors (Lipinski definition) is 5. The van der Waals surface area contributed by atoms with E-state index in [1.807, 2.05) is 54.6 Å². The Labute approximate surface area is 173 Å². The number of esters is 1. The van der Waals surface area contributed by atoms with Gasteiger partial charge in [0.2, 0.25) is 5.91 Å². The second-order valence-electron chi connectivity index (χ2n) is 5.76. The predicted octanol–water partition coefficient (Wildman–Crippen LogP) is 2.57. The lowest BCUT2D eigenvalue weighted by atomic mass is 10.0. The molecule has 8 heteroatoms. The van der Waals surface area contributed by atoms with E-state index in [0.29, 0.717) is 5.02 Å². The van der Waals surface area contributed by atoms with Crippen LogP contribution in [0.5, 0.6) is 0 Å². The van der Waals surface area contributed by atoms with Gasteiger partial charge in [-0.1, -0.05) is 54.1 Å². The Morgan fingerprint density at radius 3 is 2.29 bits per heavy atom. The van der Waals surface area contributed by atoms with Gasteiger partial charge in [-0.2, -0.15) is 0 Å². The van der Waals surface area contributed by atoms with E-state index in [1.165, 1.54) is 18.8 Å². The number of ether oxygens (including phenoxy) is 1. The van der Waals surface area contributed by atoms with Gasteiger partial charge < -0.3 is 15.4 Å². The second kappa shape index (κ2) is 11.4. The van der Waals surface area contributed by atoms with Gasteiger partial charge in [0.25, 0.3) is 5.91 Å². The number of benzene rings is 2. The molecule has 0 aliphatic carbocycles. The Hall–Kier alpha value is -2.51. The molecule has 2 N–H and O–H groups in total. The molecule has 6 nitrogen and oxygen atoms in total. The van der Waals surface area contributed by atoms with Crippen LogP contribution in [0.4, 0.5) is 0 Å². The molecule has 0 spiro atoms. The SMILES string of the molecule is CNC(=O)CNC(=O)COC(=O)CS[C@H](c1ccccc1)c1ccc(Cl)cc1. The molecule has 0 aromatic heterocycles. The molecule has 0 bridgehead atoms. The summed E-state index contributed by atoms with van der Waals surface area (Å²) in [5.41, 5.74) is 2.06. The van der Waals surface area contributed by atoms with Crippen LogP contribution < -0.4 is 10.6 Å². The molecule has 0 heterocycles. The summed E-state index contributed by atoms with van der Waals surface area (Å²) in [4.78, 5) is 34.7. The van der Waals surface area contributed by atoms with Crippen molar-refractivity contribution in [3.05, 3.63) is 70.7 Å². The third-order valence-corrected chi connectivity index (χ3v) is 5.26. The molecular formula is C20H21ClN2O4S. The minimum atomic E-state index is -0.528. The average Bonchev–Trinajstić information content (AvgIpc) is 2.72. The number of amides is 2. The van der Waals surface area contributed by atoms with Gasteiger partial charge in [-0.15, -0.1) is 11.8 Å². The molecule has 148 valence electrons. The maximum absolute atomic E-state index is 12.0. The molecular weight excluding hydrogens is 400 g/mol. The predicted molar refractivity (Wildman–Crippen MR) is 110 cm³/mol. The van der Waals surface area contributed by atoms with Crippen molar-refractivity contribution in [3.8, 4) is 0 Å². The van der Waals surface area contributed by atoms with E-state index in [4.69, 9.17) is 16.3 Å². The number of hydrogen-bond donors (Lipinski definition) is 2. The Bertz CT molecular complexity index is 800. The molecule has 0 unspecified atom stereocenters. The van der Waals surface area contributed by atoms with Crippen molar-refractivity contribution in [2.24, 2.45) is 0 Å². The number of carbonyl (C=O) groups is 3. The van der Waals surface area contributed by atoms with Crippen LogP contribution in [0.25, 0.3) is 0 Å². The fourth-order valence-corrected chi connectivity index (χ4v) is 3.52. The summed E-state index contributed by atoms with van der Waals surface area (Å²) in [5, 5.41) is 5.31. The van der Waals surface area contributed by atoms with Crippen molar-refractivity contribution in [2.75, 3.05) is 26.0 Å². The van der Waals surface area contributed by atoms with E-state index in [0.717, 1.165) is 11.1 Å². The topological polar surface area (TPSA) is 84.5 Å². The largest absolute Gasteiger partial charge is 0.455 e. The highest BCUT2D eigenvalue weighted by Crippen LogP contribution is 2.36. The van der Waals surface area contributed by atoms with Gasteiger partial charge in [-0.05, 0) is 23.3 Å². The fraction of sp³-hybridized carbons (Fsp3) is 0.250. The minimum Gasteiger partial charge on any atom is -0.455 e. The summed E-state index contributed by atoms with van der Waals surface area (Å²) in [6.07, 6.45) is 0. The normalized spacial score (nSPS) is 11.4. The van der Waals surface area contributed by atoms with Crippen LogP contribution in [0, 0.1) is 0 Å². The first-order valence-electron chi connectivity index (χ1n) is 8.54. The molecule has 28 heavy (non-hydrogen) atoms. The monoisotopic (exact) mass is 420 g/mol. The third kappa shape index (κ3) is 7.25. The Balaban J connectivity index is 1.90. The van der Waals surface area contributed by atoms with Crippen molar-refractivity contribution in [3.63, 3.8) is 0 Å². The number of thioether (sulfide) groups is 1. The molecule has 0 aliphatic heterocycles. The molecule has 0 saturated carbocycles. The third-order valence-electron chi connectivity index (χ3n) is 3.73. The highest BCUT2D eigenvalue weighted by Gasteiger charge is 2.17. The van der Waals surface area contributed by atoms with E-state index in [-0.39, 0.29) is 23.5 Å². The lowest BCUT2D eigenvalue weighted by Gasteiger charge is -2.17. The fourth-order valence-electron chi connectivity index (χ4n) is 2.31. The molecule has 2 aromatic carbocycles. The van der Waals surface area contributed by atoms with Gasteiger partial charge in [-0.25, -0.2) is 0 Å². The van der Waals surface area contributed by atoms with Gasteiger partial charge in [0.1, 0.15) is 0 Å². The Morgan fingerprint density at radius 1 is 1.00 bits per heavy atom. The van der Waals surface area contributed by atoms with Crippen molar-refractivity contribution in [1.29, 1.82) is 0 Å². The zero-order valence-electron chi connectivity index (χ0n) is 15.3. The lowest BCUT2D eigenvalue weighted by molar-refractivity contribution is -0.146. The maximum atomic E-state index is 12.0. The van der Waals surface area contributed by atoms with Gasteiger partial charge in [0, 0.05) is 12.1 Å². The number of halogens is 1. The van der Waals surface area contributed by atoms with Crippen LogP contribution in [0.2, 0.25) is 5.02 Å². The van der Waals surface area contributed by atoms with Gasteiger partial charge in [0.05, 0.1) is 17.5 Å². The maximum Gasteiger partial charge on any atom is 0.316 e. The molecule has 2 rings (SSSR count). The summed E-state index contributed by atoms with van der Waals surface area (Å²) in [7, 11) is 1.47. The summed E-state index contributed by atoms with van der Waals surface area (Å²) in [6, 6.07) is 17.2. The zero-order valence-corrected chi connectivity index (χ0v) is 16.9. The molecule has 0 radical (unpaired) electrons. The lowest BCUT2D eigenvalue weighted by Crippen LogP contribution is -2.37. The van der Waals surface area contributed by atoms with E-state index in [1.54, 1.807) is 0 Å². The standard InChI is InChI=1S/C20H21ClN2O4S/c1-22-17(24)11-23-18(25)12-27-19(26)13-28-20(14-5-3-2-4-6-14)15-7-9-16(21)10-8-15/h2-10,20H,11-13H2,1H3,(H,22,24)(H,23,25)/t20-/m1/s1. The van der Waals surface area contributed by atoms with E-state index in [9.17, 15) is 14.4 Å². The molecule has 0 saturated heterocycles. The molecule has 1 atom stereocenters. The Kier molecular flexibility index (Phi) is 8.84. The Morgan fingerprint density at radius 2 is 1.64 bits per heavy atom. The summed E-state index contributed by atoms with van der Waals surface area (Å²) in [5.74, 6) is -1.29. The van der Waals surface area contributed by atoms with Gasteiger partial charge >= 0.3 is 5.97 Å². The molecule has 0 fully saturated rings. The van der Waals surface area contributed by atoms with Gasteiger partial charge in [-0.3, -0.25) is 14.4 Å². The van der Waals surface area contributed by atoms with Crippen molar-refractivity contribution in [2.45, 2.75) is 5.25 Å². The smallest absolute Gasteiger partial charge is 0.316 e. The van der Waals surface area contributed by atoms with Gasteiger partial charge in [0.15, 0.2) is 6.61 Å². The first-order chi connectivity index (χ1) is 13.5. The van der Waals surface area contributed by atoms with E-state index < -0.39 is 18.5 Å². The minimum absolute atomic E-state index is 0.0743. The van der Waals surface area contributed by atoms with Crippen LogP contribution >= 0.6 is 23.4 Å². The first-order valence-corrected chi connectivity index (χ1v) is 9.97. The second-order valence-corrected chi connectivity index (χ2v) is 7.29. The average molecular weight is 421 g/mol. The van der Waals surface area contributed by atoms with Crippen LogP contribution in [0.15, 0.2) is 54.6 Å². The quantitative estimate of drug-likeness (QED) is 0.609. The summed E-state index contributed by atoms with van der Waals surface area (Å²) < 4.78 is 4.99. The molecule has 0 aliphatic rings. The zero-order chi connectivity index (χ0) is 20.4. The highest BCUT2D eigenvalue weighted by molar-refractivity contribution is 8.00. The highest BCUT2D eigenvalue weighted by atomic mass is 35.5. The summed E-state index contributed by atoms with van der Waals surface area (Å²) in [6.45, 7) is -0.582. The van der Waals surface area contributed by atoms with Crippen molar-refractivity contribution < 1.29 is 19.1 Å². The molecule has 2 amide bonds. The van der Waals surface area contributed by atoms with E-state index >= 15 is 0 Å². The number of nitrogens with one attached hydrogen (secondary N) is 2. The van der Waals surface area contributed by atoms with Crippen molar-refractivity contribution >= 4 is 41.1 Å². The number of likely N-dealkylation sites (N-methyl/N-ethyl adjacent to an activating group) is 1. The number of rotatable bonds is 9.